The van der Waals surface area contributed by atoms with Gasteiger partial charge < -0.3 is 19.5 Å². The lowest BCUT2D eigenvalue weighted by molar-refractivity contribution is -0.137. The summed E-state index contributed by atoms with van der Waals surface area (Å²) in [5.41, 5.74) is -1.35. The van der Waals surface area contributed by atoms with E-state index >= 15 is 0 Å². The van der Waals surface area contributed by atoms with Crippen LogP contribution < -0.4 is 14.8 Å². The lowest BCUT2D eigenvalue weighted by Gasteiger charge is -2.14. The van der Waals surface area contributed by atoms with Crippen LogP contribution in [0.2, 0.25) is 0 Å². The summed E-state index contributed by atoms with van der Waals surface area (Å²) < 4.78 is 55.2. The summed E-state index contributed by atoms with van der Waals surface area (Å²) >= 11 is 0. The van der Waals surface area contributed by atoms with Crippen LogP contribution in [0.3, 0.4) is 0 Å². The van der Waals surface area contributed by atoms with Crippen LogP contribution in [0.25, 0.3) is 0 Å². The van der Waals surface area contributed by atoms with Gasteiger partial charge in [-0.15, -0.1) is 0 Å². The maximum absolute atomic E-state index is 13.0. The van der Waals surface area contributed by atoms with Crippen molar-refractivity contribution in [2.75, 3.05) is 25.1 Å². The predicted molar refractivity (Wildman–Crippen MR) is 114 cm³/mol. The van der Waals surface area contributed by atoms with Crippen molar-refractivity contribution in [3.8, 4) is 11.5 Å². The summed E-state index contributed by atoms with van der Waals surface area (Å²) in [6.45, 7) is -0.390. The van der Waals surface area contributed by atoms with Gasteiger partial charge in [0.15, 0.2) is 6.61 Å². The molecule has 0 bridgehead atoms. The summed E-state index contributed by atoms with van der Waals surface area (Å²) in [5, 5.41) is 2.11. The molecule has 6 nitrogen and oxygen atoms in total. The van der Waals surface area contributed by atoms with Crippen LogP contribution >= 0.6 is 0 Å². The molecule has 172 valence electrons. The van der Waals surface area contributed by atoms with E-state index in [0.29, 0.717) is 5.75 Å². The lowest BCUT2D eigenvalue weighted by Crippen LogP contribution is -2.23. The van der Waals surface area contributed by atoms with E-state index in [0.717, 1.165) is 12.1 Å². The monoisotopic (exact) mass is 459 g/mol. The third-order valence-corrected chi connectivity index (χ3v) is 4.30. The van der Waals surface area contributed by atoms with Gasteiger partial charge in [-0.2, -0.15) is 13.2 Å². The second kappa shape index (κ2) is 11.0. The maximum atomic E-state index is 13.0. The molecule has 0 radical (unpaired) electrons. The Morgan fingerprint density at radius 1 is 0.788 bits per heavy atom. The lowest BCUT2D eigenvalue weighted by atomic mass is 10.1. The Bertz CT molecular complexity index is 1090. The zero-order valence-corrected chi connectivity index (χ0v) is 17.3. The van der Waals surface area contributed by atoms with E-state index in [1.165, 1.54) is 18.2 Å². The zero-order valence-electron chi connectivity index (χ0n) is 17.3. The predicted octanol–water partition coefficient (Wildman–Crippen LogP) is 4.96. The quantitative estimate of drug-likeness (QED) is 0.362. The van der Waals surface area contributed by atoms with Crippen molar-refractivity contribution in [1.29, 1.82) is 0 Å². The van der Waals surface area contributed by atoms with Crippen molar-refractivity contribution >= 4 is 17.6 Å². The minimum absolute atomic E-state index is 0.0701. The van der Waals surface area contributed by atoms with Crippen LogP contribution in [-0.4, -0.2) is 31.7 Å². The van der Waals surface area contributed by atoms with E-state index in [9.17, 15) is 22.8 Å². The van der Waals surface area contributed by atoms with Crippen LogP contribution in [-0.2, 0) is 15.7 Å². The van der Waals surface area contributed by atoms with Crippen molar-refractivity contribution < 1.29 is 37.0 Å². The van der Waals surface area contributed by atoms with Crippen molar-refractivity contribution in [1.82, 2.24) is 0 Å². The molecule has 0 fully saturated rings. The summed E-state index contributed by atoms with van der Waals surface area (Å²) in [4.78, 5) is 24.5. The van der Waals surface area contributed by atoms with Crippen LogP contribution in [0.5, 0.6) is 11.5 Å². The van der Waals surface area contributed by atoms with Gasteiger partial charge in [-0.25, -0.2) is 4.79 Å². The number of nitrogens with one attached hydrogen (secondary N) is 1. The number of hydrogen-bond donors (Lipinski definition) is 1. The average Bonchev–Trinajstić information content (AvgIpc) is 2.81. The first-order valence-electron chi connectivity index (χ1n) is 9.87. The SMILES string of the molecule is O=C(COC(=O)c1ccccc1OCCOc1ccccc1)Nc1ccccc1C(F)(F)F. The minimum Gasteiger partial charge on any atom is -0.490 e. The van der Waals surface area contributed by atoms with E-state index in [1.807, 2.05) is 18.2 Å². The molecular weight excluding hydrogens is 439 g/mol. The molecule has 3 rings (SSSR count). The fourth-order valence-corrected chi connectivity index (χ4v) is 2.82. The fourth-order valence-electron chi connectivity index (χ4n) is 2.82. The van der Waals surface area contributed by atoms with Crippen molar-refractivity contribution in [3.63, 3.8) is 0 Å². The van der Waals surface area contributed by atoms with Gasteiger partial charge in [0, 0.05) is 0 Å². The fraction of sp³-hybridized carbons (Fsp3) is 0.167. The molecule has 0 saturated heterocycles. The van der Waals surface area contributed by atoms with Gasteiger partial charge in [-0.3, -0.25) is 4.79 Å². The maximum Gasteiger partial charge on any atom is 0.418 e. The molecule has 1 amide bonds. The van der Waals surface area contributed by atoms with Gasteiger partial charge in [0.25, 0.3) is 5.91 Å². The number of ether oxygens (including phenoxy) is 3. The first kappa shape index (κ1) is 23.6. The molecule has 0 aliphatic rings. The highest BCUT2D eigenvalue weighted by Gasteiger charge is 2.33. The van der Waals surface area contributed by atoms with Crippen LogP contribution in [0.15, 0.2) is 78.9 Å². The Hall–Kier alpha value is -4.01. The molecule has 1 N–H and O–H groups in total. The third kappa shape index (κ3) is 6.99. The number of amides is 1. The van der Waals surface area contributed by atoms with E-state index in [-0.39, 0.29) is 24.5 Å². The Morgan fingerprint density at radius 3 is 2.18 bits per heavy atom. The number of carbonyl (C=O) groups excluding carboxylic acids is 2. The molecule has 0 unspecified atom stereocenters. The highest BCUT2D eigenvalue weighted by Crippen LogP contribution is 2.34. The summed E-state index contributed by atoms with van der Waals surface area (Å²) in [7, 11) is 0. The third-order valence-electron chi connectivity index (χ3n) is 4.30. The smallest absolute Gasteiger partial charge is 0.418 e. The Morgan fingerprint density at radius 2 is 1.42 bits per heavy atom. The van der Waals surface area contributed by atoms with Crippen molar-refractivity contribution in [3.05, 3.63) is 90.0 Å². The largest absolute Gasteiger partial charge is 0.490 e. The van der Waals surface area contributed by atoms with E-state index in [1.54, 1.807) is 30.3 Å². The Labute approximate surface area is 187 Å². The normalized spacial score (nSPS) is 10.9. The summed E-state index contributed by atoms with van der Waals surface area (Å²) in [5.74, 6) is -0.863. The summed E-state index contributed by atoms with van der Waals surface area (Å²) in [6, 6.07) is 19.9. The van der Waals surface area contributed by atoms with E-state index < -0.39 is 35.9 Å². The molecular formula is C24H20F3NO5. The second-order valence-electron chi connectivity index (χ2n) is 6.67. The van der Waals surface area contributed by atoms with E-state index in [2.05, 4.69) is 5.32 Å². The topological polar surface area (TPSA) is 73.9 Å². The number of anilines is 1. The van der Waals surface area contributed by atoms with Crippen LogP contribution in [0.4, 0.5) is 18.9 Å². The Kier molecular flexibility index (Phi) is 7.91. The zero-order chi connectivity index (χ0) is 23.7. The molecule has 9 heteroatoms. The molecule has 0 heterocycles. The summed E-state index contributed by atoms with van der Waals surface area (Å²) in [6.07, 6.45) is -4.64. The number of esters is 1. The Balaban J connectivity index is 1.53. The second-order valence-corrected chi connectivity index (χ2v) is 6.67. The molecule has 0 saturated carbocycles. The molecule has 0 aliphatic heterocycles. The van der Waals surface area contributed by atoms with Crippen LogP contribution in [0.1, 0.15) is 15.9 Å². The number of halogens is 3. The van der Waals surface area contributed by atoms with Gasteiger partial charge in [0.2, 0.25) is 0 Å². The highest BCUT2D eigenvalue weighted by molar-refractivity contribution is 5.97. The van der Waals surface area contributed by atoms with Crippen molar-refractivity contribution in [2.24, 2.45) is 0 Å². The number of carbonyl (C=O) groups is 2. The number of hydrogen-bond acceptors (Lipinski definition) is 5. The first-order valence-corrected chi connectivity index (χ1v) is 9.87. The molecule has 0 aliphatic carbocycles. The van der Waals surface area contributed by atoms with Gasteiger partial charge in [0.05, 0.1) is 11.3 Å². The number of rotatable bonds is 9. The molecule has 0 aromatic heterocycles. The molecule has 3 aromatic carbocycles. The van der Waals surface area contributed by atoms with Gasteiger partial charge >= 0.3 is 12.1 Å². The number of para-hydroxylation sites is 3. The van der Waals surface area contributed by atoms with E-state index in [4.69, 9.17) is 14.2 Å². The minimum atomic E-state index is -4.64. The molecule has 0 atom stereocenters. The van der Waals surface area contributed by atoms with Gasteiger partial charge in [0.1, 0.15) is 30.3 Å². The number of benzene rings is 3. The average molecular weight is 459 g/mol. The van der Waals surface area contributed by atoms with Crippen molar-refractivity contribution in [2.45, 2.75) is 6.18 Å². The highest BCUT2D eigenvalue weighted by atomic mass is 19.4. The standard InChI is InChI=1S/C24H20F3NO5/c25-24(26,27)19-11-5-6-12-20(19)28-22(29)16-33-23(30)18-10-4-7-13-21(18)32-15-14-31-17-8-2-1-3-9-17/h1-13H,14-16H2,(H,28,29). The number of alkyl halides is 3. The van der Waals surface area contributed by atoms with Crippen LogP contribution in [0, 0.1) is 0 Å². The van der Waals surface area contributed by atoms with Gasteiger partial charge in [-0.05, 0) is 36.4 Å². The first-order chi connectivity index (χ1) is 15.8. The molecule has 33 heavy (non-hydrogen) atoms. The molecule has 0 spiro atoms. The van der Waals surface area contributed by atoms with Gasteiger partial charge in [-0.1, -0.05) is 42.5 Å². The molecule has 3 aromatic rings.